The Balaban J connectivity index is 2.57. The van der Waals surface area contributed by atoms with E-state index >= 15 is 0 Å². The van der Waals surface area contributed by atoms with Crippen LogP contribution in [0.25, 0.3) is 0 Å². The first-order valence-corrected chi connectivity index (χ1v) is 7.36. The zero-order chi connectivity index (χ0) is 16.3. The zero-order valence-electron chi connectivity index (χ0n) is 11.9. The van der Waals surface area contributed by atoms with Gasteiger partial charge in [-0.1, -0.05) is 11.6 Å². The second-order valence-electron chi connectivity index (χ2n) is 4.31. The van der Waals surface area contributed by atoms with Crippen molar-refractivity contribution in [1.29, 1.82) is 0 Å². The summed E-state index contributed by atoms with van der Waals surface area (Å²) in [7, 11) is 2.48. The summed E-state index contributed by atoms with van der Waals surface area (Å²) in [5.74, 6) is -1.29. The van der Waals surface area contributed by atoms with Crippen LogP contribution in [0.5, 0.6) is 0 Å². The third-order valence-corrected chi connectivity index (χ3v) is 3.90. The summed E-state index contributed by atoms with van der Waals surface area (Å²) >= 11 is 9.31. The number of carbonyl (C=O) groups excluding carboxylic acids is 2. The molecule has 0 fully saturated rings. The molecule has 0 N–H and O–H groups in total. The predicted molar refractivity (Wildman–Crippen MR) is 83.5 cm³/mol. The number of benzene rings is 1. The molecule has 1 aromatic rings. The highest BCUT2D eigenvalue weighted by atomic mass is 79.9. The maximum Gasteiger partial charge on any atom is 0.355 e. The van der Waals surface area contributed by atoms with E-state index in [1.165, 1.54) is 19.1 Å². The van der Waals surface area contributed by atoms with Gasteiger partial charge >= 0.3 is 11.9 Å². The average molecular weight is 391 g/mol. The molecule has 1 heterocycles. The van der Waals surface area contributed by atoms with Gasteiger partial charge in [-0.15, -0.1) is 0 Å². The third-order valence-electron chi connectivity index (χ3n) is 3.03. The van der Waals surface area contributed by atoms with Gasteiger partial charge in [0.2, 0.25) is 0 Å². The van der Waals surface area contributed by atoms with Gasteiger partial charge in [0.1, 0.15) is 12.4 Å². The molecule has 0 spiro atoms. The average Bonchev–Trinajstić information content (AvgIpc) is 2.52. The summed E-state index contributed by atoms with van der Waals surface area (Å²) in [5.41, 5.74) is 0.803. The first-order chi connectivity index (χ1) is 10.5. The Labute approximate surface area is 140 Å². The minimum Gasteiger partial charge on any atom is -0.466 e. The maximum absolute atomic E-state index is 12.1. The number of esters is 2. The Bertz CT molecular complexity index is 646. The summed E-state index contributed by atoms with van der Waals surface area (Å²) in [6.45, 7) is 0.0595. The Morgan fingerprint density at radius 1 is 1.27 bits per heavy atom. The predicted octanol–water partition coefficient (Wildman–Crippen LogP) is 2.50. The lowest BCUT2D eigenvalue weighted by molar-refractivity contribution is -0.140. The van der Waals surface area contributed by atoms with Crippen molar-refractivity contribution in [3.63, 3.8) is 0 Å². The Kier molecular flexibility index (Phi) is 5.44. The molecule has 2 rings (SSSR count). The fourth-order valence-corrected chi connectivity index (χ4v) is 2.93. The Morgan fingerprint density at radius 2 is 1.95 bits per heavy atom. The molecule has 6 nitrogen and oxygen atoms in total. The molecule has 22 heavy (non-hydrogen) atoms. The molecular formula is C14H13BrClNO5. The SMILES string of the molecule is COC(=O)C1=C(C(=O)OC)N(c2ccc(Cl)cc2Br)COC1. The van der Waals surface area contributed by atoms with Crippen molar-refractivity contribution in [3.8, 4) is 0 Å². The minimum absolute atomic E-state index is 0.0290. The zero-order valence-corrected chi connectivity index (χ0v) is 14.2. The summed E-state index contributed by atoms with van der Waals surface area (Å²) in [6.07, 6.45) is 0. The van der Waals surface area contributed by atoms with Gasteiger partial charge in [0.15, 0.2) is 0 Å². The number of ether oxygens (including phenoxy) is 3. The van der Waals surface area contributed by atoms with E-state index in [1.54, 1.807) is 18.2 Å². The van der Waals surface area contributed by atoms with Crippen LogP contribution < -0.4 is 4.90 Å². The number of halogens is 2. The van der Waals surface area contributed by atoms with Crippen molar-refractivity contribution >= 4 is 45.2 Å². The van der Waals surface area contributed by atoms with Crippen LogP contribution in [0.3, 0.4) is 0 Å². The molecule has 0 unspecified atom stereocenters. The van der Waals surface area contributed by atoms with Crippen LogP contribution in [-0.2, 0) is 23.8 Å². The van der Waals surface area contributed by atoms with Crippen LogP contribution in [0.2, 0.25) is 5.02 Å². The van der Waals surface area contributed by atoms with Gasteiger partial charge in [-0.25, -0.2) is 9.59 Å². The van der Waals surface area contributed by atoms with Gasteiger partial charge in [0, 0.05) is 9.50 Å². The summed E-state index contributed by atoms with van der Waals surface area (Å²) < 4.78 is 15.5. The number of rotatable bonds is 3. The van der Waals surface area contributed by atoms with Gasteiger partial charge in [0.05, 0.1) is 32.1 Å². The van der Waals surface area contributed by atoms with Crippen molar-refractivity contribution in [2.75, 3.05) is 32.5 Å². The fourth-order valence-electron chi connectivity index (χ4n) is 2.03. The maximum atomic E-state index is 12.1. The monoisotopic (exact) mass is 389 g/mol. The number of methoxy groups -OCH3 is 2. The molecule has 0 saturated carbocycles. The lowest BCUT2D eigenvalue weighted by atomic mass is 10.1. The molecule has 1 aliphatic rings. The van der Waals surface area contributed by atoms with E-state index < -0.39 is 11.9 Å². The van der Waals surface area contributed by atoms with Crippen molar-refractivity contribution in [1.82, 2.24) is 0 Å². The van der Waals surface area contributed by atoms with Crippen LogP contribution in [0.4, 0.5) is 5.69 Å². The second-order valence-corrected chi connectivity index (χ2v) is 5.60. The van der Waals surface area contributed by atoms with E-state index in [0.717, 1.165) is 0 Å². The van der Waals surface area contributed by atoms with E-state index in [1.807, 2.05) is 0 Å². The summed E-state index contributed by atoms with van der Waals surface area (Å²) in [4.78, 5) is 25.5. The highest BCUT2D eigenvalue weighted by Gasteiger charge is 2.33. The quantitative estimate of drug-likeness (QED) is 0.739. The number of hydrogen-bond donors (Lipinski definition) is 0. The van der Waals surface area contributed by atoms with Crippen LogP contribution >= 0.6 is 27.5 Å². The normalized spacial score (nSPS) is 14.8. The number of nitrogens with zero attached hydrogens (tertiary/aromatic N) is 1. The Hall–Kier alpha value is -1.57. The topological polar surface area (TPSA) is 65.1 Å². The highest BCUT2D eigenvalue weighted by Crippen LogP contribution is 2.34. The van der Waals surface area contributed by atoms with E-state index in [-0.39, 0.29) is 24.6 Å². The van der Waals surface area contributed by atoms with E-state index in [2.05, 4.69) is 15.9 Å². The molecule has 0 aliphatic carbocycles. The molecule has 0 atom stereocenters. The number of hydrogen-bond acceptors (Lipinski definition) is 6. The van der Waals surface area contributed by atoms with Crippen LogP contribution in [0, 0.1) is 0 Å². The lowest BCUT2D eigenvalue weighted by Crippen LogP contribution is -2.39. The third kappa shape index (κ3) is 3.26. The van der Waals surface area contributed by atoms with E-state index in [9.17, 15) is 9.59 Å². The second kappa shape index (κ2) is 7.13. The van der Waals surface area contributed by atoms with Gasteiger partial charge in [-0.3, -0.25) is 0 Å². The molecule has 1 aromatic carbocycles. The molecule has 0 saturated heterocycles. The largest absolute Gasteiger partial charge is 0.466 e. The van der Waals surface area contributed by atoms with E-state index in [4.69, 9.17) is 25.8 Å². The Morgan fingerprint density at radius 3 is 2.55 bits per heavy atom. The van der Waals surface area contributed by atoms with Crippen LogP contribution in [0.15, 0.2) is 33.9 Å². The molecule has 0 amide bonds. The van der Waals surface area contributed by atoms with Gasteiger partial charge in [0.25, 0.3) is 0 Å². The molecule has 118 valence electrons. The highest BCUT2D eigenvalue weighted by molar-refractivity contribution is 9.10. The first kappa shape index (κ1) is 16.8. The molecular weight excluding hydrogens is 378 g/mol. The van der Waals surface area contributed by atoms with Crippen molar-refractivity contribution < 1.29 is 23.8 Å². The number of anilines is 1. The lowest BCUT2D eigenvalue weighted by Gasteiger charge is -2.31. The van der Waals surface area contributed by atoms with E-state index in [0.29, 0.717) is 15.2 Å². The summed E-state index contributed by atoms with van der Waals surface area (Å²) in [6, 6.07) is 5.06. The summed E-state index contributed by atoms with van der Waals surface area (Å²) in [5, 5.41) is 0.533. The molecule has 0 bridgehead atoms. The molecule has 0 radical (unpaired) electrons. The molecule has 0 aromatic heterocycles. The van der Waals surface area contributed by atoms with Gasteiger partial charge < -0.3 is 19.1 Å². The standard InChI is InChI=1S/C14H13BrClNO5/c1-20-13(18)9-6-22-7-17(12(9)14(19)21-2)11-4-3-8(16)5-10(11)15/h3-5H,6-7H2,1-2H3. The van der Waals surface area contributed by atoms with Gasteiger partial charge in [-0.05, 0) is 34.1 Å². The van der Waals surface area contributed by atoms with Crippen molar-refractivity contribution in [2.24, 2.45) is 0 Å². The number of carbonyl (C=O) groups is 2. The van der Waals surface area contributed by atoms with Gasteiger partial charge in [-0.2, -0.15) is 0 Å². The van der Waals surface area contributed by atoms with Crippen LogP contribution in [-0.4, -0.2) is 39.5 Å². The minimum atomic E-state index is -0.648. The fraction of sp³-hybridized carbons (Fsp3) is 0.286. The van der Waals surface area contributed by atoms with Crippen molar-refractivity contribution in [3.05, 3.63) is 39.0 Å². The van der Waals surface area contributed by atoms with Crippen molar-refractivity contribution in [2.45, 2.75) is 0 Å². The first-order valence-electron chi connectivity index (χ1n) is 6.19. The van der Waals surface area contributed by atoms with Crippen LogP contribution in [0.1, 0.15) is 0 Å². The smallest absolute Gasteiger partial charge is 0.355 e. The molecule has 1 aliphatic heterocycles. The molecule has 8 heteroatoms.